The van der Waals surface area contributed by atoms with Crippen molar-refractivity contribution in [3.05, 3.63) is 47.7 Å². The molecule has 27 heavy (non-hydrogen) atoms. The maximum absolute atomic E-state index is 7.88. The van der Waals surface area contributed by atoms with Gasteiger partial charge in [0.15, 0.2) is 5.01 Å². The van der Waals surface area contributed by atoms with Crippen LogP contribution in [0.2, 0.25) is 0 Å². The molecule has 0 radical (unpaired) electrons. The third-order valence-corrected chi connectivity index (χ3v) is 5.29. The van der Waals surface area contributed by atoms with Crippen molar-refractivity contribution in [3.8, 4) is 0 Å². The quantitative estimate of drug-likeness (QED) is 0.412. The van der Waals surface area contributed by atoms with Gasteiger partial charge in [-0.05, 0) is 36.4 Å². The molecule has 2 N–H and O–H groups in total. The monoisotopic (exact) mass is 378 g/mol. The molecule has 0 bridgehead atoms. The van der Waals surface area contributed by atoms with Gasteiger partial charge in [-0.15, -0.1) is 11.3 Å². The number of hydrogen-bond acceptors (Lipinski definition) is 8. The van der Waals surface area contributed by atoms with Crippen LogP contribution in [0.3, 0.4) is 0 Å². The molecule has 0 atom stereocenters. The van der Waals surface area contributed by atoms with Crippen LogP contribution < -0.4 is 10.2 Å². The van der Waals surface area contributed by atoms with Gasteiger partial charge in [-0.3, -0.25) is 5.41 Å². The Morgan fingerprint density at radius 1 is 1.07 bits per heavy atom. The minimum Gasteiger partial charge on any atom is -0.479 e. The van der Waals surface area contributed by atoms with E-state index in [0.717, 1.165) is 32.5 Å². The van der Waals surface area contributed by atoms with Crippen LogP contribution in [-0.2, 0) is 4.74 Å². The van der Waals surface area contributed by atoms with Crippen LogP contribution in [-0.4, -0.2) is 42.1 Å². The molecule has 2 heterocycles. The second-order valence-electron chi connectivity index (χ2n) is 6.15. The van der Waals surface area contributed by atoms with Gasteiger partial charge in [-0.2, -0.15) is 0 Å². The summed E-state index contributed by atoms with van der Waals surface area (Å²) in [6, 6.07) is 11.9. The molecule has 8 heteroatoms. The zero-order valence-electron chi connectivity index (χ0n) is 15.1. The lowest BCUT2D eigenvalue weighted by Crippen LogP contribution is -2.08. The molecule has 0 spiro atoms. The van der Waals surface area contributed by atoms with Gasteiger partial charge in [-0.25, -0.2) is 15.0 Å². The van der Waals surface area contributed by atoms with Crippen LogP contribution >= 0.6 is 11.3 Å². The number of hydrogen-bond donors (Lipinski definition) is 2. The number of rotatable bonds is 4. The third-order valence-electron chi connectivity index (χ3n) is 4.20. The van der Waals surface area contributed by atoms with Crippen molar-refractivity contribution in [2.45, 2.75) is 0 Å². The van der Waals surface area contributed by atoms with E-state index in [1.54, 1.807) is 6.33 Å². The molecule has 0 fully saturated rings. The zero-order chi connectivity index (χ0) is 19.0. The topological polar surface area (TPSA) is 87.0 Å². The normalized spacial score (nSPS) is 10.9. The molecule has 0 aliphatic rings. The molecule has 0 saturated heterocycles. The molecule has 2 aromatic heterocycles. The lowest BCUT2D eigenvalue weighted by Gasteiger charge is -2.13. The van der Waals surface area contributed by atoms with E-state index < -0.39 is 0 Å². The lowest BCUT2D eigenvalue weighted by molar-refractivity contribution is 0.401. The summed E-state index contributed by atoms with van der Waals surface area (Å²) in [6.45, 7) is 0. The first-order valence-corrected chi connectivity index (χ1v) is 9.10. The number of aromatic nitrogens is 3. The van der Waals surface area contributed by atoms with Crippen LogP contribution in [0.15, 0.2) is 42.7 Å². The number of fused-ring (bicyclic) bond motifs is 3. The van der Waals surface area contributed by atoms with Crippen LogP contribution in [0.5, 0.6) is 0 Å². The van der Waals surface area contributed by atoms with E-state index in [0.29, 0.717) is 10.8 Å². The molecule has 0 aliphatic carbocycles. The Morgan fingerprint density at radius 3 is 2.52 bits per heavy atom. The van der Waals surface area contributed by atoms with Crippen molar-refractivity contribution in [2.24, 2.45) is 0 Å². The number of nitrogens with one attached hydrogen (secondary N) is 2. The van der Waals surface area contributed by atoms with Crippen molar-refractivity contribution in [3.63, 3.8) is 0 Å². The first kappa shape index (κ1) is 17.2. The van der Waals surface area contributed by atoms with Gasteiger partial charge < -0.3 is 15.0 Å². The highest BCUT2D eigenvalue weighted by atomic mass is 32.1. The third kappa shape index (κ3) is 3.15. The highest BCUT2D eigenvalue weighted by Crippen LogP contribution is 2.34. The predicted molar refractivity (Wildman–Crippen MR) is 111 cm³/mol. The summed E-state index contributed by atoms with van der Waals surface area (Å²) in [5, 5.41) is 12.7. The second-order valence-corrected chi connectivity index (χ2v) is 7.15. The molecule has 4 rings (SSSR count). The van der Waals surface area contributed by atoms with Gasteiger partial charge in [-0.1, -0.05) is 0 Å². The number of anilines is 3. The van der Waals surface area contributed by atoms with E-state index in [1.807, 2.05) is 50.5 Å². The minimum atomic E-state index is 0.0509. The summed E-state index contributed by atoms with van der Waals surface area (Å²) in [6.07, 6.45) is 1.55. The van der Waals surface area contributed by atoms with Crippen LogP contribution in [0.1, 0.15) is 5.01 Å². The highest BCUT2D eigenvalue weighted by molar-refractivity contribution is 7.21. The summed E-state index contributed by atoms with van der Waals surface area (Å²) in [7, 11) is 5.49. The lowest BCUT2D eigenvalue weighted by atomic mass is 10.2. The number of thiazole rings is 1. The minimum absolute atomic E-state index is 0.0509. The fourth-order valence-electron chi connectivity index (χ4n) is 2.79. The molecular weight excluding hydrogens is 360 g/mol. The maximum Gasteiger partial charge on any atom is 0.242 e. The Morgan fingerprint density at radius 2 is 1.81 bits per heavy atom. The van der Waals surface area contributed by atoms with Crippen molar-refractivity contribution in [1.29, 1.82) is 5.41 Å². The Balaban J connectivity index is 1.82. The van der Waals surface area contributed by atoms with Crippen molar-refractivity contribution >= 4 is 55.5 Å². The molecule has 4 aromatic rings. The van der Waals surface area contributed by atoms with Crippen molar-refractivity contribution < 1.29 is 4.74 Å². The van der Waals surface area contributed by atoms with E-state index in [9.17, 15) is 0 Å². The van der Waals surface area contributed by atoms with Gasteiger partial charge in [0.05, 0.1) is 28.2 Å². The summed E-state index contributed by atoms with van der Waals surface area (Å²) >= 11 is 1.40. The van der Waals surface area contributed by atoms with E-state index in [4.69, 9.17) is 10.1 Å². The average molecular weight is 378 g/mol. The fourth-order valence-corrected chi connectivity index (χ4v) is 3.83. The molecule has 0 unspecified atom stereocenters. The Kier molecular flexibility index (Phi) is 4.33. The van der Waals surface area contributed by atoms with Crippen molar-refractivity contribution in [2.75, 3.05) is 31.4 Å². The molecular formula is C19H18N6OS. The number of nitrogens with zero attached hydrogens (tertiary/aromatic N) is 4. The number of methoxy groups -OCH3 is 1. The van der Waals surface area contributed by atoms with E-state index in [-0.39, 0.29) is 5.90 Å². The van der Waals surface area contributed by atoms with Crippen molar-refractivity contribution in [1.82, 2.24) is 15.0 Å². The van der Waals surface area contributed by atoms with Gasteiger partial charge in [0.25, 0.3) is 0 Å². The predicted octanol–water partition coefficient (Wildman–Crippen LogP) is 4.02. The first-order chi connectivity index (χ1) is 13.1. The SMILES string of the molecule is COC(=N)c1nc2ccc3ncnc(Nc4ccc(N(C)C)cc4)c3c2s1. The van der Waals surface area contributed by atoms with Crippen LogP contribution in [0, 0.1) is 5.41 Å². The van der Waals surface area contributed by atoms with Gasteiger partial charge in [0.1, 0.15) is 12.1 Å². The molecule has 0 aliphatic heterocycles. The molecule has 2 aromatic carbocycles. The smallest absolute Gasteiger partial charge is 0.242 e. The van der Waals surface area contributed by atoms with Gasteiger partial charge in [0, 0.05) is 25.5 Å². The summed E-state index contributed by atoms with van der Waals surface area (Å²) in [5.41, 5.74) is 3.68. The highest BCUT2D eigenvalue weighted by Gasteiger charge is 2.15. The number of ether oxygens (including phenoxy) is 1. The Labute approximate surface area is 160 Å². The van der Waals surface area contributed by atoms with E-state index in [2.05, 4.69) is 25.2 Å². The van der Waals surface area contributed by atoms with Crippen LogP contribution in [0.4, 0.5) is 17.2 Å². The molecule has 7 nitrogen and oxygen atoms in total. The fraction of sp³-hybridized carbons (Fsp3) is 0.158. The molecule has 0 saturated carbocycles. The van der Waals surface area contributed by atoms with E-state index >= 15 is 0 Å². The van der Waals surface area contributed by atoms with Crippen LogP contribution in [0.25, 0.3) is 21.1 Å². The number of benzene rings is 2. The second kappa shape index (κ2) is 6.81. The summed E-state index contributed by atoms with van der Waals surface area (Å²) < 4.78 is 5.94. The Bertz CT molecular complexity index is 1140. The summed E-state index contributed by atoms with van der Waals surface area (Å²) in [4.78, 5) is 15.4. The molecule has 0 amide bonds. The Hall–Kier alpha value is -3.26. The molecule has 136 valence electrons. The average Bonchev–Trinajstić information content (AvgIpc) is 3.12. The van der Waals surface area contributed by atoms with E-state index in [1.165, 1.54) is 18.4 Å². The zero-order valence-corrected chi connectivity index (χ0v) is 16.0. The first-order valence-electron chi connectivity index (χ1n) is 8.28. The standard InChI is InChI=1S/C19H18N6OS/c1-25(2)12-6-4-11(5-7-12)23-18-15-13(21-10-22-18)8-9-14-16(15)27-19(24-14)17(20)26-3/h4-10,20H,1-3H3,(H,21,22,23). The van der Waals surface area contributed by atoms with Gasteiger partial charge >= 0.3 is 0 Å². The maximum atomic E-state index is 7.88. The summed E-state index contributed by atoms with van der Waals surface area (Å²) in [5.74, 6) is 0.761. The largest absolute Gasteiger partial charge is 0.479 e. The van der Waals surface area contributed by atoms with Gasteiger partial charge in [0.2, 0.25) is 5.90 Å².